The fourth-order valence-electron chi connectivity index (χ4n) is 4.23. The van der Waals surface area contributed by atoms with Crippen molar-refractivity contribution >= 4 is 5.78 Å². The maximum absolute atomic E-state index is 12.6. The number of carbonyl (C=O) groups excluding carboxylic acids is 1. The Kier molecular flexibility index (Phi) is 4.90. The molecule has 0 aliphatic heterocycles. The minimum absolute atomic E-state index is 0.118. The number of benzene rings is 1. The van der Waals surface area contributed by atoms with Crippen LogP contribution in [0.3, 0.4) is 0 Å². The zero-order valence-electron chi connectivity index (χ0n) is 16.5. The predicted molar refractivity (Wildman–Crippen MR) is 97.7 cm³/mol. The molecule has 1 aromatic carbocycles. The summed E-state index contributed by atoms with van der Waals surface area (Å²) in [5, 5.41) is 15.2. The number of aryl methyl sites for hydroxylation is 1. The molecule has 0 saturated heterocycles. The van der Waals surface area contributed by atoms with E-state index in [2.05, 4.69) is 5.16 Å². The maximum Gasteiger partial charge on any atom is 0.164 e. The summed E-state index contributed by atoms with van der Waals surface area (Å²) in [5.74, 6) is 0.894. The molecule has 27 heavy (non-hydrogen) atoms. The van der Waals surface area contributed by atoms with Crippen LogP contribution in [-0.2, 0) is 11.2 Å². The van der Waals surface area contributed by atoms with Gasteiger partial charge in [-0.25, -0.2) is 0 Å². The van der Waals surface area contributed by atoms with Gasteiger partial charge in [0.2, 0.25) is 0 Å². The van der Waals surface area contributed by atoms with Crippen LogP contribution in [-0.4, -0.2) is 43.0 Å². The van der Waals surface area contributed by atoms with Crippen LogP contribution in [0.4, 0.5) is 0 Å². The Morgan fingerprint density at radius 3 is 2.33 bits per heavy atom. The van der Waals surface area contributed by atoms with Crippen LogP contribution >= 0.6 is 0 Å². The first-order valence-corrected chi connectivity index (χ1v) is 8.72. The Morgan fingerprint density at radius 1 is 1.19 bits per heavy atom. The second kappa shape index (κ2) is 6.88. The van der Waals surface area contributed by atoms with Crippen molar-refractivity contribution in [3.05, 3.63) is 34.7 Å². The lowest BCUT2D eigenvalue weighted by Crippen LogP contribution is -2.48. The quantitative estimate of drug-likeness (QED) is 0.859. The Hall–Kier alpha value is -2.54. The smallest absolute Gasteiger partial charge is 0.164 e. The maximum atomic E-state index is 12.6. The number of aliphatic hydroxyl groups is 1. The highest BCUT2D eigenvalue weighted by atomic mass is 16.5. The van der Waals surface area contributed by atoms with Crippen molar-refractivity contribution in [2.24, 2.45) is 5.92 Å². The third kappa shape index (κ3) is 3.06. The topological polar surface area (TPSA) is 91.0 Å². The van der Waals surface area contributed by atoms with Crippen molar-refractivity contribution in [3.63, 3.8) is 0 Å². The predicted octanol–water partition coefficient (Wildman–Crippen LogP) is 2.65. The van der Waals surface area contributed by atoms with Gasteiger partial charge in [0.25, 0.3) is 0 Å². The summed E-state index contributed by atoms with van der Waals surface area (Å²) in [6.07, 6.45) is 0.246. The third-order valence-corrected chi connectivity index (χ3v) is 5.33. The van der Waals surface area contributed by atoms with Gasteiger partial charge in [-0.05, 0) is 26.8 Å². The summed E-state index contributed by atoms with van der Waals surface area (Å²) in [6, 6.07) is 3.51. The number of rotatable bonds is 5. The summed E-state index contributed by atoms with van der Waals surface area (Å²) in [6.45, 7) is 4.96. The third-order valence-electron chi connectivity index (χ3n) is 5.33. The van der Waals surface area contributed by atoms with Gasteiger partial charge in [-0.2, -0.15) is 0 Å². The van der Waals surface area contributed by atoms with Crippen molar-refractivity contribution < 1.29 is 28.6 Å². The lowest BCUT2D eigenvalue weighted by Gasteiger charge is -2.41. The van der Waals surface area contributed by atoms with Gasteiger partial charge in [0.1, 0.15) is 17.3 Å². The van der Waals surface area contributed by atoms with Crippen LogP contribution in [0.2, 0.25) is 0 Å². The van der Waals surface area contributed by atoms with Gasteiger partial charge in [-0.1, -0.05) is 5.16 Å². The van der Waals surface area contributed by atoms with Gasteiger partial charge in [0, 0.05) is 29.5 Å². The van der Waals surface area contributed by atoms with Crippen molar-refractivity contribution in [3.8, 4) is 17.2 Å². The molecule has 0 amide bonds. The minimum Gasteiger partial charge on any atom is -0.496 e. The van der Waals surface area contributed by atoms with Crippen LogP contribution in [0.5, 0.6) is 17.2 Å². The Morgan fingerprint density at radius 2 is 1.78 bits per heavy atom. The van der Waals surface area contributed by atoms with Gasteiger partial charge < -0.3 is 23.8 Å². The second-order valence-electron chi connectivity index (χ2n) is 7.15. The molecule has 0 fully saturated rings. The van der Waals surface area contributed by atoms with E-state index in [0.717, 1.165) is 5.56 Å². The first-order chi connectivity index (χ1) is 12.7. The van der Waals surface area contributed by atoms with Crippen LogP contribution in [0.15, 0.2) is 16.7 Å². The molecule has 3 atom stereocenters. The number of ether oxygens (including phenoxy) is 3. The Labute approximate surface area is 158 Å². The molecule has 1 aromatic heterocycles. The van der Waals surface area contributed by atoms with E-state index in [9.17, 15) is 9.90 Å². The van der Waals surface area contributed by atoms with E-state index < -0.39 is 17.4 Å². The fourth-order valence-corrected chi connectivity index (χ4v) is 4.23. The number of Topliss-reactive ketones (excluding diaryl/α,β-unsaturated/α-hetero) is 1. The van der Waals surface area contributed by atoms with E-state index in [1.54, 1.807) is 40.4 Å². The molecule has 3 rings (SSSR count). The Bertz CT molecular complexity index is 870. The summed E-state index contributed by atoms with van der Waals surface area (Å²) in [7, 11) is 4.64. The summed E-state index contributed by atoms with van der Waals surface area (Å²) in [5.41, 5.74) is 0.900. The highest BCUT2D eigenvalue weighted by Gasteiger charge is 2.50. The molecule has 7 heteroatoms. The average molecular weight is 375 g/mol. The van der Waals surface area contributed by atoms with Crippen LogP contribution in [0.25, 0.3) is 0 Å². The van der Waals surface area contributed by atoms with E-state index in [0.29, 0.717) is 34.3 Å². The zero-order chi connectivity index (χ0) is 19.9. The van der Waals surface area contributed by atoms with Crippen molar-refractivity contribution in [1.29, 1.82) is 0 Å². The molecular formula is C20H25NO6. The number of carbonyl (C=O) groups is 1. The molecule has 3 unspecified atom stereocenters. The van der Waals surface area contributed by atoms with E-state index in [1.165, 1.54) is 6.92 Å². The summed E-state index contributed by atoms with van der Waals surface area (Å²) < 4.78 is 21.8. The molecule has 1 aliphatic rings. The number of methoxy groups -OCH3 is 3. The molecule has 0 saturated carbocycles. The molecule has 7 nitrogen and oxygen atoms in total. The largest absolute Gasteiger partial charge is 0.496 e. The van der Waals surface area contributed by atoms with Crippen LogP contribution in [0.1, 0.15) is 42.3 Å². The molecule has 1 aliphatic carbocycles. The second-order valence-corrected chi connectivity index (χ2v) is 7.15. The standard InChI is InChI=1S/C20H25NO6/c1-10(22)19-18(17-11(2)27-21-13(17)9-20(19,3)23)12-7-15(25-5)16(26-6)8-14(12)24-4/h7-8,18-19,23H,9H2,1-6H3. The van der Waals surface area contributed by atoms with Gasteiger partial charge >= 0.3 is 0 Å². The minimum atomic E-state index is -1.27. The number of hydrogen-bond donors (Lipinski definition) is 1. The van der Waals surface area contributed by atoms with Crippen molar-refractivity contribution in [2.75, 3.05) is 21.3 Å². The Balaban J connectivity index is 2.32. The van der Waals surface area contributed by atoms with Crippen LogP contribution in [0, 0.1) is 12.8 Å². The molecule has 146 valence electrons. The fraction of sp³-hybridized carbons (Fsp3) is 0.500. The van der Waals surface area contributed by atoms with E-state index >= 15 is 0 Å². The number of nitrogens with zero attached hydrogens (tertiary/aromatic N) is 1. The number of fused-ring (bicyclic) bond motifs is 1. The zero-order valence-corrected chi connectivity index (χ0v) is 16.5. The monoisotopic (exact) mass is 375 g/mol. The number of hydrogen-bond acceptors (Lipinski definition) is 7. The average Bonchev–Trinajstić information content (AvgIpc) is 2.98. The van der Waals surface area contributed by atoms with E-state index in [4.69, 9.17) is 18.7 Å². The molecule has 0 radical (unpaired) electrons. The number of aromatic nitrogens is 1. The van der Waals surface area contributed by atoms with Gasteiger partial charge in [0.15, 0.2) is 11.5 Å². The molecule has 2 aromatic rings. The van der Waals surface area contributed by atoms with Crippen molar-refractivity contribution in [1.82, 2.24) is 5.16 Å². The molecule has 1 heterocycles. The SMILES string of the molecule is COc1cc(OC)c(C2c3c(noc3C)CC(C)(O)C2C(C)=O)cc1OC. The normalized spacial score (nSPS) is 24.3. The highest BCUT2D eigenvalue weighted by molar-refractivity contribution is 5.82. The van der Waals surface area contributed by atoms with Gasteiger partial charge in [-0.15, -0.1) is 0 Å². The lowest BCUT2D eigenvalue weighted by molar-refractivity contribution is -0.130. The molecule has 1 N–H and O–H groups in total. The van der Waals surface area contributed by atoms with Gasteiger partial charge in [-0.3, -0.25) is 4.79 Å². The first kappa shape index (κ1) is 19.2. The summed E-state index contributed by atoms with van der Waals surface area (Å²) >= 11 is 0. The van der Waals surface area contributed by atoms with Crippen molar-refractivity contribution in [2.45, 2.75) is 38.7 Å². The molecule has 0 spiro atoms. The van der Waals surface area contributed by atoms with E-state index in [1.807, 2.05) is 6.92 Å². The van der Waals surface area contributed by atoms with Crippen LogP contribution < -0.4 is 14.2 Å². The molecular weight excluding hydrogens is 350 g/mol. The molecule has 0 bridgehead atoms. The highest BCUT2D eigenvalue weighted by Crippen LogP contribution is 2.51. The summed E-state index contributed by atoms with van der Waals surface area (Å²) in [4.78, 5) is 12.6. The van der Waals surface area contributed by atoms with Gasteiger partial charge in [0.05, 0.1) is 38.5 Å². The first-order valence-electron chi connectivity index (χ1n) is 8.72. The number of ketones is 1. The van der Waals surface area contributed by atoms with E-state index in [-0.39, 0.29) is 12.2 Å². The lowest BCUT2D eigenvalue weighted by atomic mass is 9.64.